The fourth-order valence-corrected chi connectivity index (χ4v) is 3.24. The monoisotopic (exact) mass is 364 g/mol. The summed E-state index contributed by atoms with van der Waals surface area (Å²) < 4.78 is 13.2. The van der Waals surface area contributed by atoms with E-state index >= 15 is 0 Å². The molecule has 7 nitrogen and oxygen atoms in total. The molecule has 0 unspecified atom stereocenters. The van der Waals surface area contributed by atoms with Crippen LogP contribution < -0.4 is 14.8 Å². The number of carbonyl (C=O) groups excluding carboxylic acids is 1. The number of aryl methyl sites for hydroxylation is 1. The van der Waals surface area contributed by atoms with Crippen LogP contribution in [-0.4, -0.2) is 27.8 Å². The van der Waals surface area contributed by atoms with Crippen molar-refractivity contribution < 1.29 is 14.3 Å². The molecule has 1 aromatic heterocycles. The van der Waals surface area contributed by atoms with E-state index in [4.69, 9.17) is 9.47 Å². The van der Waals surface area contributed by atoms with Crippen molar-refractivity contribution >= 4 is 11.9 Å². The Bertz CT molecular complexity index is 983. The molecule has 2 heterocycles. The lowest BCUT2D eigenvalue weighted by Gasteiger charge is -2.24. The van der Waals surface area contributed by atoms with Gasteiger partial charge in [-0.1, -0.05) is 35.9 Å². The first-order valence-electron chi connectivity index (χ1n) is 8.69. The van der Waals surface area contributed by atoms with Crippen LogP contribution in [0.3, 0.4) is 0 Å². The van der Waals surface area contributed by atoms with Crippen LogP contribution in [0, 0.1) is 6.92 Å². The van der Waals surface area contributed by atoms with Crippen molar-refractivity contribution in [1.82, 2.24) is 14.8 Å². The molecular weight excluding hydrogens is 344 g/mol. The highest BCUT2D eigenvalue weighted by molar-refractivity contribution is 5.91. The third-order valence-corrected chi connectivity index (χ3v) is 4.55. The Labute approximate surface area is 156 Å². The maximum Gasteiger partial charge on any atom is 0.229 e. The summed E-state index contributed by atoms with van der Waals surface area (Å²) in [7, 11) is 1.60. The molecule has 7 heteroatoms. The quantitative estimate of drug-likeness (QED) is 0.753. The van der Waals surface area contributed by atoms with Crippen LogP contribution in [0.5, 0.6) is 11.5 Å². The highest BCUT2D eigenvalue weighted by Gasteiger charge is 2.28. The second-order valence-electron chi connectivity index (χ2n) is 6.48. The molecular formula is C20H20N4O3. The summed E-state index contributed by atoms with van der Waals surface area (Å²) in [6, 6.07) is 13.6. The van der Waals surface area contributed by atoms with Crippen molar-refractivity contribution in [2.45, 2.75) is 26.0 Å². The van der Waals surface area contributed by atoms with Gasteiger partial charge in [-0.25, -0.2) is 4.68 Å². The van der Waals surface area contributed by atoms with Gasteiger partial charge in [-0.3, -0.25) is 10.1 Å². The van der Waals surface area contributed by atoms with Crippen molar-refractivity contribution in [3.8, 4) is 11.5 Å². The van der Waals surface area contributed by atoms with E-state index in [9.17, 15) is 4.79 Å². The zero-order valence-electron chi connectivity index (χ0n) is 15.2. The Balaban J connectivity index is 1.58. The third kappa shape index (κ3) is 3.48. The van der Waals surface area contributed by atoms with E-state index in [-0.39, 0.29) is 11.9 Å². The maximum absolute atomic E-state index is 12.0. The van der Waals surface area contributed by atoms with Gasteiger partial charge in [0.2, 0.25) is 11.9 Å². The molecule has 0 aliphatic carbocycles. The number of methoxy groups -OCH3 is 1. The van der Waals surface area contributed by atoms with E-state index in [2.05, 4.69) is 34.5 Å². The first-order valence-corrected chi connectivity index (χ1v) is 8.69. The van der Waals surface area contributed by atoms with E-state index in [1.54, 1.807) is 11.8 Å². The zero-order chi connectivity index (χ0) is 18.8. The van der Waals surface area contributed by atoms with Crippen LogP contribution in [0.4, 0.5) is 5.95 Å². The van der Waals surface area contributed by atoms with Crippen molar-refractivity contribution in [3.05, 3.63) is 65.5 Å². The summed E-state index contributed by atoms with van der Waals surface area (Å²) in [5.41, 5.74) is 3.20. The Kier molecular flexibility index (Phi) is 4.50. The van der Waals surface area contributed by atoms with E-state index in [1.807, 2.05) is 30.3 Å². The summed E-state index contributed by atoms with van der Waals surface area (Å²) in [4.78, 5) is 16.0. The normalized spacial score (nSPS) is 15.8. The average Bonchev–Trinajstić information content (AvgIpc) is 3.14. The first kappa shape index (κ1) is 17.1. The van der Waals surface area contributed by atoms with Gasteiger partial charge in [0.1, 0.15) is 12.9 Å². The predicted molar refractivity (Wildman–Crippen MR) is 99.9 cm³/mol. The number of rotatable bonds is 5. The number of carbonyl (C=O) groups is 1. The molecule has 1 atom stereocenters. The SMILES string of the molecule is COc1cc([C@H]2CC(=O)Nc3ncnn32)ccc1OCc1cccc(C)c1. The number of nitrogens with one attached hydrogen (secondary N) is 1. The zero-order valence-corrected chi connectivity index (χ0v) is 15.2. The van der Waals surface area contributed by atoms with Crippen LogP contribution in [0.15, 0.2) is 48.8 Å². The Morgan fingerprint density at radius 1 is 1.22 bits per heavy atom. The average molecular weight is 364 g/mol. The summed E-state index contributed by atoms with van der Waals surface area (Å²) in [5.74, 6) is 1.64. The van der Waals surface area contributed by atoms with E-state index in [0.29, 0.717) is 30.5 Å². The molecule has 3 aromatic rings. The van der Waals surface area contributed by atoms with Gasteiger partial charge in [0.05, 0.1) is 19.6 Å². The minimum absolute atomic E-state index is 0.0840. The minimum atomic E-state index is -0.226. The molecule has 4 rings (SSSR count). The molecule has 2 aromatic carbocycles. The Morgan fingerprint density at radius 3 is 2.93 bits per heavy atom. The molecule has 0 radical (unpaired) electrons. The molecule has 1 amide bonds. The standard InChI is InChI=1S/C20H20N4O3/c1-13-4-3-5-14(8-13)11-27-17-7-6-15(9-18(17)26-2)16-10-19(25)23-20-21-12-22-24(16)20/h3-9,12,16H,10-11H2,1-2H3,(H,21,22,23,25)/t16-/m1/s1. The molecule has 0 saturated heterocycles. The number of hydrogen-bond donors (Lipinski definition) is 1. The predicted octanol–water partition coefficient (Wildman–Crippen LogP) is 3.11. The number of nitrogens with zero attached hydrogens (tertiary/aromatic N) is 3. The lowest BCUT2D eigenvalue weighted by molar-refractivity contribution is -0.117. The van der Waals surface area contributed by atoms with Crippen LogP contribution in [-0.2, 0) is 11.4 Å². The minimum Gasteiger partial charge on any atom is -0.493 e. The number of aromatic nitrogens is 3. The lowest BCUT2D eigenvalue weighted by Crippen LogP contribution is -2.29. The highest BCUT2D eigenvalue weighted by Crippen LogP contribution is 2.35. The van der Waals surface area contributed by atoms with Crippen molar-refractivity contribution in [2.75, 3.05) is 12.4 Å². The second-order valence-corrected chi connectivity index (χ2v) is 6.48. The lowest BCUT2D eigenvalue weighted by atomic mass is 10.0. The topological polar surface area (TPSA) is 78.3 Å². The van der Waals surface area contributed by atoms with Gasteiger partial charge in [0.15, 0.2) is 11.5 Å². The number of fused-ring (bicyclic) bond motifs is 1. The van der Waals surface area contributed by atoms with Crippen molar-refractivity contribution in [1.29, 1.82) is 0 Å². The molecule has 138 valence electrons. The van der Waals surface area contributed by atoms with Crippen LogP contribution >= 0.6 is 0 Å². The Morgan fingerprint density at radius 2 is 2.11 bits per heavy atom. The van der Waals surface area contributed by atoms with Gasteiger partial charge in [0, 0.05) is 0 Å². The van der Waals surface area contributed by atoms with Gasteiger partial charge < -0.3 is 9.47 Å². The van der Waals surface area contributed by atoms with Gasteiger partial charge in [-0.2, -0.15) is 10.1 Å². The number of ether oxygens (including phenoxy) is 2. The smallest absolute Gasteiger partial charge is 0.229 e. The molecule has 0 fully saturated rings. The van der Waals surface area contributed by atoms with E-state index in [1.165, 1.54) is 11.9 Å². The van der Waals surface area contributed by atoms with Gasteiger partial charge in [-0.05, 0) is 30.2 Å². The number of anilines is 1. The van der Waals surface area contributed by atoms with Crippen LogP contribution in [0.25, 0.3) is 0 Å². The summed E-state index contributed by atoms with van der Waals surface area (Å²) in [6.45, 7) is 2.51. The summed E-state index contributed by atoms with van der Waals surface area (Å²) >= 11 is 0. The van der Waals surface area contributed by atoms with Gasteiger partial charge >= 0.3 is 0 Å². The highest BCUT2D eigenvalue weighted by atomic mass is 16.5. The number of amides is 1. The van der Waals surface area contributed by atoms with Gasteiger partial charge in [0.25, 0.3) is 0 Å². The molecule has 0 spiro atoms. The first-order chi connectivity index (χ1) is 13.1. The molecule has 1 aliphatic heterocycles. The molecule has 1 aliphatic rings. The van der Waals surface area contributed by atoms with E-state index in [0.717, 1.165) is 11.1 Å². The molecule has 0 saturated carbocycles. The third-order valence-electron chi connectivity index (χ3n) is 4.55. The number of benzene rings is 2. The van der Waals surface area contributed by atoms with Crippen LogP contribution in [0.1, 0.15) is 29.2 Å². The fraction of sp³-hybridized carbons (Fsp3) is 0.250. The van der Waals surface area contributed by atoms with Crippen LogP contribution in [0.2, 0.25) is 0 Å². The van der Waals surface area contributed by atoms with Crippen molar-refractivity contribution in [2.24, 2.45) is 0 Å². The van der Waals surface area contributed by atoms with E-state index < -0.39 is 0 Å². The number of hydrogen-bond acceptors (Lipinski definition) is 5. The second kappa shape index (κ2) is 7.11. The largest absolute Gasteiger partial charge is 0.493 e. The Hall–Kier alpha value is -3.35. The molecule has 27 heavy (non-hydrogen) atoms. The fourth-order valence-electron chi connectivity index (χ4n) is 3.24. The molecule has 1 N–H and O–H groups in total. The van der Waals surface area contributed by atoms with Gasteiger partial charge in [-0.15, -0.1) is 0 Å². The van der Waals surface area contributed by atoms with Crippen molar-refractivity contribution in [3.63, 3.8) is 0 Å². The summed E-state index contributed by atoms with van der Waals surface area (Å²) in [6.07, 6.45) is 1.73. The maximum atomic E-state index is 12.0. The molecule has 0 bridgehead atoms. The summed E-state index contributed by atoms with van der Waals surface area (Å²) in [5, 5.41) is 6.95.